The lowest BCUT2D eigenvalue weighted by Crippen LogP contribution is -2.07. The number of ether oxygens (including phenoxy) is 2. The van der Waals surface area contributed by atoms with Gasteiger partial charge in [-0.15, -0.1) is 0 Å². The molecule has 1 aliphatic carbocycles. The third-order valence-electron chi connectivity index (χ3n) is 3.07. The maximum atomic E-state index is 13.2. The summed E-state index contributed by atoms with van der Waals surface area (Å²) in [6, 6.07) is 0. The molecule has 1 fully saturated rings. The van der Waals surface area contributed by atoms with E-state index >= 15 is 0 Å². The Morgan fingerprint density at radius 2 is 1.81 bits per heavy atom. The molecule has 5 heteroatoms. The third kappa shape index (κ3) is 2.08. The summed E-state index contributed by atoms with van der Waals surface area (Å²) in [4.78, 5) is 22.2. The normalized spacial score (nSPS) is 27.2. The zero-order chi connectivity index (χ0) is 12.5. The Kier molecular flexibility index (Phi) is 3.35. The zero-order valence-corrected chi connectivity index (χ0v) is 9.74. The molecule has 0 unspecified atom stereocenters. The monoisotopic (exact) mass is 230 g/mol. The number of rotatable bonds is 3. The highest BCUT2D eigenvalue weighted by molar-refractivity contribution is 5.86. The first kappa shape index (κ1) is 12.7. The first-order valence-corrected chi connectivity index (χ1v) is 4.89. The molecular formula is C11H15FO4. The van der Waals surface area contributed by atoms with Crippen molar-refractivity contribution in [2.45, 2.75) is 13.8 Å². The molecule has 0 heterocycles. The maximum absolute atomic E-state index is 13.2. The van der Waals surface area contributed by atoms with Crippen molar-refractivity contribution in [1.82, 2.24) is 0 Å². The standard InChI is InChI=1S/C11H15FO4/c1-11(2)6(8(11)10(14)16-4)5-7(12)9(13)15-3/h5-6,8H,1-4H3/b7-5-/t6-,8-/m1/s1. The van der Waals surface area contributed by atoms with E-state index in [0.29, 0.717) is 0 Å². The second kappa shape index (κ2) is 4.23. The van der Waals surface area contributed by atoms with E-state index in [1.165, 1.54) is 7.11 Å². The second-order valence-corrected chi connectivity index (χ2v) is 4.35. The molecule has 0 aromatic heterocycles. The van der Waals surface area contributed by atoms with Crippen molar-refractivity contribution in [2.24, 2.45) is 17.3 Å². The van der Waals surface area contributed by atoms with Crippen molar-refractivity contribution >= 4 is 11.9 Å². The van der Waals surface area contributed by atoms with Crippen LogP contribution in [0.5, 0.6) is 0 Å². The molecule has 0 spiro atoms. The first-order chi connectivity index (χ1) is 7.36. The molecule has 0 saturated heterocycles. The van der Waals surface area contributed by atoms with E-state index in [0.717, 1.165) is 13.2 Å². The van der Waals surface area contributed by atoms with E-state index in [1.807, 2.05) is 13.8 Å². The summed E-state index contributed by atoms with van der Waals surface area (Å²) in [5.41, 5.74) is -0.377. The van der Waals surface area contributed by atoms with E-state index in [2.05, 4.69) is 9.47 Å². The minimum Gasteiger partial charge on any atom is -0.469 e. The number of esters is 2. The average Bonchev–Trinajstić information content (AvgIpc) is 2.78. The predicted octanol–water partition coefficient (Wildman–Crippen LogP) is 1.46. The molecule has 2 atom stereocenters. The van der Waals surface area contributed by atoms with Gasteiger partial charge in [-0.2, -0.15) is 4.39 Å². The highest BCUT2D eigenvalue weighted by atomic mass is 19.1. The number of allylic oxidation sites excluding steroid dienone is 1. The van der Waals surface area contributed by atoms with Gasteiger partial charge in [-0.1, -0.05) is 13.8 Å². The Balaban J connectivity index is 2.78. The fraction of sp³-hybridized carbons (Fsp3) is 0.636. The predicted molar refractivity (Wildman–Crippen MR) is 54.0 cm³/mol. The van der Waals surface area contributed by atoms with Gasteiger partial charge in [0.1, 0.15) is 0 Å². The molecule has 4 nitrogen and oxygen atoms in total. The number of halogens is 1. The van der Waals surface area contributed by atoms with Crippen molar-refractivity contribution in [3.05, 3.63) is 11.9 Å². The summed E-state index contributed by atoms with van der Waals surface area (Å²) in [7, 11) is 2.39. The Labute approximate surface area is 93.4 Å². The van der Waals surface area contributed by atoms with Crippen LogP contribution in [-0.4, -0.2) is 26.2 Å². The summed E-state index contributed by atoms with van der Waals surface area (Å²) < 4.78 is 22.0. The van der Waals surface area contributed by atoms with Gasteiger partial charge < -0.3 is 9.47 Å². The van der Waals surface area contributed by atoms with Crippen LogP contribution in [0.2, 0.25) is 0 Å². The van der Waals surface area contributed by atoms with Gasteiger partial charge in [0, 0.05) is 0 Å². The number of hydrogen-bond acceptors (Lipinski definition) is 4. The summed E-state index contributed by atoms with van der Waals surface area (Å²) in [5, 5.41) is 0. The number of hydrogen-bond donors (Lipinski definition) is 0. The molecule has 0 aromatic rings. The summed E-state index contributed by atoms with van der Waals surface area (Å²) in [6.45, 7) is 3.64. The molecule has 0 aliphatic heterocycles. The van der Waals surface area contributed by atoms with Crippen LogP contribution in [0.3, 0.4) is 0 Å². The summed E-state index contributed by atoms with van der Waals surface area (Å²) in [5.74, 6) is -3.09. The SMILES string of the molecule is COC(=O)/C(F)=C/[C@@H]1[C@H](C(=O)OC)C1(C)C. The van der Waals surface area contributed by atoms with Gasteiger partial charge in [0.15, 0.2) is 0 Å². The van der Waals surface area contributed by atoms with Crippen molar-refractivity contribution in [2.75, 3.05) is 14.2 Å². The smallest absolute Gasteiger partial charge is 0.366 e. The van der Waals surface area contributed by atoms with E-state index in [1.54, 1.807) is 0 Å². The Morgan fingerprint density at radius 3 is 2.25 bits per heavy atom. The molecule has 0 bridgehead atoms. The zero-order valence-electron chi connectivity index (χ0n) is 9.74. The van der Waals surface area contributed by atoms with Crippen molar-refractivity contribution < 1.29 is 23.5 Å². The molecule has 1 saturated carbocycles. The van der Waals surface area contributed by atoms with Crippen molar-refractivity contribution in [3.8, 4) is 0 Å². The highest BCUT2D eigenvalue weighted by Gasteiger charge is 2.61. The van der Waals surface area contributed by atoms with E-state index in [4.69, 9.17) is 0 Å². The van der Waals surface area contributed by atoms with Gasteiger partial charge in [-0.05, 0) is 17.4 Å². The van der Waals surface area contributed by atoms with Crippen LogP contribution in [0, 0.1) is 17.3 Å². The molecule has 0 radical (unpaired) electrons. The van der Waals surface area contributed by atoms with Crippen molar-refractivity contribution in [3.63, 3.8) is 0 Å². The average molecular weight is 230 g/mol. The van der Waals surface area contributed by atoms with Gasteiger partial charge in [-0.3, -0.25) is 4.79 Å². The van der Waals surface area contributed by atoms with Gasteiger partial charge in [0.05, 0.1) is 20.1 Å². The lowest BCUT2D eigenvalue weighted by atomic mass is 10.1. The number of carbonyl (C=O) groups excluding carboxylic acids is 2. The van der Waals surface area contributed by atoms with Crippen LogP contribution in [-0.2, 0) is 19.1 Å². The first-order valence-electron chi connectivity index (χ1n) is 4.89. The van der Waals surface area contributed by atoms with E-state index in [-0.39, 0.29) is 17.3 Å². The molecule has 16 heavy (non-hydrogen) atoms. The summed E-state index contributed by atoms with van der Waals surface area (Å²) >= 11 is 0. The van der Waals surface area contributed by atoms with Crippen LogP contribution in [0.1, 0.15) is 13.8 Å². The lowest BCUT2D eigenvalue weighted by Gasteiger charge is -1.99. The highest BCUT2D eigenvalue weighted by Crippen LogP contribution is 2.59. The molecule has 0 aromatic carbocycles. The van der Waals surface area contributed by atoms with Gasteiger partial charge in [-0.25, -0.2) is 4.79 Å². The van der Waals surface area contributed by atoms with Crippen LogP contribution < -0.4 is 0 Å². The number of carbonyl (C=O) groups is 2. The fourth-order valence-electron chi connectivity index (χ4n) is 1.89. The van der Waals surface area contributed by atoms with Crippen LogP contribution in [0.15, 0.2) is 11.9 Å². The largest absolute Gasteiger partial charge is 0.469 e. The molecule has 1 rings (SSSR count). The van der Waals surface area contributed by atoms with Crippen LogP contribution in [0.4, 0.5) is 4.39 Å². The summed E-state index contributed by atoms with van der Waals surface area (Å²) in [6.07, 6.45) is 1.13. The molecule has 0 N–H and O–H groups in total. The quantitative estimate of drug-likeness (QED) is 0.544. The van der Waals surface area contributed by atoms with Gasteiger partial charge in [0.2, 0.25) is 5.83 Å². The topological polar surface area (TPSA) is 52.6 Å². The number of methoxy groups -OCH3 is 2. The fourth-order valence-corrected chi connectivity index (χ4v) is 1.89. The second-order valence-electron chi connectivity index (χ2n) is 4.35. The molecule has 0 amide bonds. The van der Waals surface area contributed by atoms with Gasteiger partial charge in [0.25, 0.3) is 0 Å². The van der Waals surface area contributed by atoms with E-state index < -0.39 is 17.7 Å². The lowest BCUT2D eigenvalue weighted by molar-refractivity contribution is -0.143. The molecule has 1 aliphatic rings. The Bertz CT molecular complexity index is 346. The third-order valence-corrected chi connectivity index (χ3v) is 3.07. The molecule has 90 valence electrons. The minimum absolute atomic E-state index is 0.320. The van der Waals surface area contributed by atoms with Crippen LogP contribution >= 0.6 is 0 Å². The maximum Gasteiger partial charge on any atom is 0.366 e. The Hall–Kier alpha value is -1.39. The van der Waals surface area contributed by atoms with Crippen LogP contribution in [0.25, 0.3) is 0 Å². The van der Waals surface area contributed by atoms with Gasteiger partial charge >= 0.3 is 11.9 Å². The Morgan fingerprint density at radius 1 is 1.25 bits per heavy atom. The van der Waals surface area contributed by atoms with Crippen molar-refractivity contribution in [1.29, 1.82) is 0 Å². The molecular weight excluding hydrogens is 215 g/mol. The minimum atomic E-state index is -1.02. The van der Waals surface area contributed by atoms with E-state index in [9.17, 15) is 14.0 Å².